The van der Waals surface area contributed by atoms with E-state index in [1.807, 2.05) is 0 Å². The van der Waals surface area contributed by atoms with E-state index in [1.165, 1.54) is 7.11 Å². The first-order chi connectivity index (χ1) is 8.63. The van der Waals surface area contributed by atoms with Gasteiger partial charge in [-0.2, -0.15) is 0 Å². The van der Waals surface area contributed by atoms with Crippen molar-refractivity contribution in [1.29, 1.82) is 0 Å². The van der Waals surface area contributed by atoms with Crippen molar-refractivity contribution in [2.45, 2.75) is 19.4 Å². The summed E-state index contributed by atoms with van der Waals surface area (Å²) >= 11 is 0. The molecule has 5 nitrogen and oxygen atoms in total. The van der Waals surface area contributed by atoms with Crippen LogP contribution in [0.1, 0.15) is 28.8 Å². The van der Waals surface area contributed by atoms with Gasteiger partial charge in [-0.1, -0.05) is 12.1 Å². The lowest BCUT2D eigenvalue weighted by atomic mass is 10.1. The van der Waals surface area contributed by atoms with Gasteiger partial charge in [0.25, 0.3) is 0 Å². The Kier molecular flexibility index (Phi) is 5.87. The summed E-state index contributed by atoms with van der Waals surface area (Å²) in [6.07, 6.45) is 1.13. The maximum Gasteiger partial charge on any atom is 0.335 e. The number of nitrogens with one attached hydrogen (secondary N) is 1. The quantitative estimate of drug-likeness (QED) is 0.566. The Morgan fingerprint density at radius 2 is 1.94 bits per heavy atom. The second kappa shape index (κ2) is 7.45. The van der Waals surface area contributed by atoms with Crippen LogP contribution in [0.5, 0.6) is 0 Å². The zero-order valence-corrected chi connectivity index (χ0v) is 10.3. The molecule has 0 unspecified atom stereocenters. The summed E-state index contributed by atoms with van der Waals surface area (Å²) in [5, 5.41) is 11.9. The van der Waals surface area contributed by atoms with Gasteiger partial charge in [0, 0.05) is 13.0 Å². The monoisotopic (exact) mass is 251 g/mol. The van der Waals surface area contributed by atoms with Crippen molar-refractivity contribution in [2.24, 2.45) is 0 Å². The number of methoxy groups -OCH3 is 1. The van der Waals surface area contributed by atoms with Gasteiger partial charge in [-0.05, 0) is 30.7 Å². The molecule has 0 heterocycles. The van der Waals surface area contributed by atoms with Gasteiger partial charge in [-0.15, -0.1) is 0 Å². The third-order valence-electron chi connectivity index (χ3n) is 2.49. The predicted molar refractivity (Wildman–Crippen MR) is 66.4 cm³/mol. The van der Waals surface area contributed by atoms with E-state index in [2.05, 4.69) is 10.1 Å². The molecule has 0 aromatic heterocycles. The molecule has 98 valence electrons. The first kappa shape index (κ1) is 14.2. The van der Waals surface area contributed by atoms with Crippen LogP contribution in [0.2, 0.25) is 0 Å². The summed E-state index contributed by atoms with van der Waals surface area (Å²) in [7, 11) is 1.37. The summed E-state index contributed by atoms with van der Waals surface area (Å²) in [4.78, 5) is 21.5. The van der Waals surface area contributed by atoms with Crippen LogP contribution in [0.15, 0.2) is 24.3 Å². The average molecular weight is 251 g/mol. The molecule has 0 aliphatic carbocycles. The molecule has 2 N–H and O–H groups in total. The second-order valence-electron chi connectivity index (χ2n) is 3.86. The minimum Gasteiger partial charge on any atom is -0.478 e. The van der Waals surface area contributed by atoms with E-state index in [0.717, 1.165) is 18.5 Å². The molecule has 0 aliphatic rings. The molecule has 0 fully saturated rings. The van der Waals surface area contributed by atoms with Gasteiger partial charge in [-0.25, -0.2) is 4.79 Å². The van der Waals surface area contributed by atoms with Gasteiger partial charge in [0.2, 0.25) is 0 Å². The fraction of sp³-hybridized carbons (Fsp3) is 0.385. The minimum absolute atomic E-state index is 0.206. The number of carbonyl (C=O) groups excluding carboxylic acids is 1. The second-order valence-corrected chi connectivity index (χ2v) is 3.86. The molecule has 1 aromatic rings. The summed E-state index contributed by atoms with van der Waals surface area (Å²) in [5.41, 5.74) is 1.29. The average Bonchev–Trinajstić information content (AvgIpc) is 2.38. The van der Waals surface area contributed by atoms with E-state index < -0.39 is 5.97 Å². The summed E-state index contributed by atoms with van der Waals surface area (Å²) in [6.45, 7) is 1.37. The standard InChI is InChI=1S/C13H17NO4/c1-18-12(15)3-2-8-14-9-10-4-6-11(7-5-10)13(16)17/h4-7,14H,2-3,8-9H2,1H3,(H,16,17). The molecule has 1 rings (SSSR count). The van der Waals surface area contributed by atoms with Gasteiger partial charge in [0.05, 0.1) is 12.7 Å². The number of hydrogen-bond acceptors (Lipinski definition) is 4. The third kappa shape index (κ3) is 4.97. The molecule has 0 amide bonds. The van der Waals surface area contributed by atoms with Gasteiger partial charge >= 0.3 is 11.9 Å². The van der Waals surface area contributed by atoms with Crippen molar-refractivity contribution in [3.63, 3.8) is 0 Å². The fourth-order valence-corrected chi connectivity index (χ4v) is 1.46. The SMILES string of the molecule is COC(=O)CCCNCc1ccc(C(=O)O)cc1. The highest BCUT2D eigenvalue weighted by molar-refractivity contribution is 5.87. The molecule has 0 aliphatic heterocycles. The van der Waals surface area contributed by atoms with E-state index in [4.69, 9.17) is 5.11 Å². The number of rotatable bonds is 7. The summed E-state index contributed by atoms with van der Waals surface area (Å²) in [6, 6.07) is 6.70. The number of aromatic carboxylic acids is 1. The Morgan fingerprint density at radius 1 is 1.28 bits per heavy atom. The number of ether oxygens (including phenoxy) is 1. The summed E-state index contributed by atoms with van der Waals surface area (Å²) < 4.78 is 4.53. The summed E-state index contributed by atoms with van der Waals surface area (Å²) in [5.74, 6) is -1.13. The van der Waals surface area contributed by atoms with Crippen molar-refractivity contribution in [3.8, 4) is 0 Å². The van der Waals surface area contributed by atoms with E-state index in [-0.39, 0.29) is 11.5 Å². The van der Waals surface area contributed by atoms with E-state index in [1.54, 1.807) is 24.3 Å². The largest absolute Gasteiger partial charge is 0.478 e. The maximum atomic E-state index is 10.8. The Morgan fingerprint density at radius 3 is 2.50 bits per heavy atom. The number of carboxylic acid groups (broad SMARTS) is 1. The lowest BCUT2D eigenvalue weighted by Crippen LogP contribution is -2.16. The fourth-order valence-electron chi connectivity index (χ4n) is 1.46. The van der Waals surface area contributed by atoms with Gasteiger partial charge < -0.3 is 15.2 Å². The van der Waals surface area contributed by atoms with Crippen LogP contribution in [0.4, 0.5) is 0 Å². The smallest absolute Gasteiger partial charge is 0.335 e. The van der Waals surface area contributed by atoms with Gasteiger partial charge in [0.15, 0.2) is 0 Å². The van der Waals surface area contributed by atoms with Crippen molar-refractivity contribution in [1.82, 2.24) is 5.32 Å². The normalized spacial score (nSPS) is 10.1. The highest BCUT2D eigenvalue weighted by Crippen LogP contribution is 2.04. The van der Waals surface area contributed by atoms with Crippen molar-refractivity contribution >= 4 is 11.9 Å². The molecule has 0 bridgehead atoms. The number of esters is 1. The van der Waals surface area contributed by atoms with E-state index >= 15 is 0 Å². The van der Waals surface area contributed by atoms with Crippen LogP contribution in [-0.4, -0.2) is 30.7 Å². The van der Waals surface area contributed by atoms with Crippen LogP contribution in [0, 0.1) is 0 Å². The molecule has 0 saturated carbocycles. The Hall–Kier alpha value is -1.88. The zero-order chi connectivity index (χ0) is 13.4. The van der Waals surface area contributed by atoms with E-state index in [0.29, 0.717) is 13.0 Å². The number of hydrogen-bond donors (Lipinski definition) is 2. The molecule has 5 heteroatoms. The zero-order valence-electron chi connectivity index (χ0n) is 10.3. The van der Waals surface area contributed by atoms with E-state index in [9.17, 15) is 9.59 Å². The maximum absolute atomic E-state index is 10.8. The number of carbonyl (C=O) groups is 2. The predicted octanol–water partition coefficient (Wildman–Crippen LogP) is 1.43. The van der Waals surface area contributed by atoms with Crippen molar-refractivity contribution < 1.29 is 19.4 Å². The molecule has 18 heavy (non-hydrogen) atoms. The van der Waals surface area contributed by atoms with Crippen molar-refractivity contribution in [3.05, 3.63) is 35.4 Å². The molecule has 1 aromatic carbocycles. The molecular weight excluding hydrogens is 234 g/mol. The number of carboxylic acids is 1. The minimum atomic E-state index is -0.924. The first-order valence-electron chi connectivity index (χ1n) is 5.73. The third-order valence-corrected chi connectivity index (χ3v) is 2.49. The highest BCUT2D eigenvalue weighted by atomic mass is 16.5. The van der Waals surface area contributed by atoms with Gasteiger partial charge in [-0.3, -0.25) is 4.79 Å². The first-order valence-corrected chi connectivity index (χ1v) is 5.73. The van der Waals surface area contributed by atoms with Gasteiger partial charge in [0.1, 0.15) is 0 Å². The molecular formula is C13H17NO4. The highest BCUT2D eigenvalue weighted by Gasteiger charge is 2.02. The topological polar surface area (TPSA) is 75.6 Å². The van der Waals surface area contributed by atoms with Crippen LogP contribution >= 0.6 is 0 Å². The Balaban J connectivity index is 2.23. The molecule has 0 spiro atoms. The molecule has 0 saturated heterocycles. The van der Waals surface area contributed by atoms with Crippen LogP contribution in [0.25, 0.3) is 0 Å². The van der Waals surface area contributed by atoms with Crippen LogP contribution < -0.4 is 5.32 Å². The van der Waals surface area contributed by atoms with Crippen molar-refractivity contribution in [2.75, 3.05) is 13.7 Å². The Labute approximate surface area is 106 Å². The molecule has 0 atom stereocenters. The Bertz CT molecular complexity index is 400. The van der Waals surface area contributed by atoms with Crippen LogP contribution in [-0.2, 0) is 16.1 Å². The lowest BCUT2D eigenvalue weighted by molar-refractivity contribution is -0.140. The van der Waals surface area contributed by atoms with Crippen LogP contribution in [0.3, 0.4) is 0 Å². The lowest BCUT2D eigenvalue weighted by Gasteiger charge is -2.05. The molecule has 0 radical (unpaired) electrons. The number of benzene rings is 1.